The van der Waals surface area contributed by atoms with E-state index in [2.05, 4.69) is 14.9 Å². The van der Waals surface area contributed by atoms with Crippen LogP contribution in [0.1, 0.15) is 16.9 Å². The second-order valence-corrected chi connectivity index (χ2v) is 6.76. The Kier molecular flexibility index (Phi) is 5.27. The largest absolute Gasteiger partial charge is 0.396 e. The molecule has 0 bridgehead atoms. The van der Waals surface area contributed by atoms with E-state index in [1.54, 1.807) is 6.20 Å². The number of rotatable bonds is 8. The number of benzene rings is 2. The molecule has 0 atom stereocenters. The van der Waals surface area contributed by atoms with Crippen LogP contribution < -0.4 is 5.32 Å². The predicted octanol–water partition coefficient (Wildman–Crippen LogP) is 4.14. The lowest BCUT2D eigenvalue weighted by atomic mass is 10.0. The molecule has 2 aromatic carbocycles. The smallest absolute Gasteiger partial charge is 0.243 e. The molecule has 6 nitrogen and oxygen atoms in total. The van der Waals surface area contributed by atoms with Crippen LogP contribution in [0.4, 0.5) is 11.4 Å². The van der Waals surface area contributed by atoms with E-state index in [1.807, 2.05) is 60.8 Å². The molecular weight excluding hydrogens is 366 g/mol. The van der Waals surface area contributed by atoms with Crippen molar-refractivity contribution in [2.45, 2.75) is 13.0 Å². The van der Waals surface area contributed by atoms with Gasteiger partial charge in [-0.1, -0.05) is 36.4 Å². The molecule has 0 aliphatic carbocycles. The minimum Gasteiger partial charge on any atom is -0.396 e. The highest BCUT2D eigenvalue weighted by Crippen LogP contribution is 2.38. The summed E-state index contributed by atoms with van der Waals surface area (Å²) in [7, 11) is 0. The number of hydrogen-bond donors (Lipinski definition) is 3. The highest BCUT2D eigenvalue weighted by molar-refractivity contribution is 6.35. The third-order valence-electron chi connectivity index (χ3n) is 4.91. The first-order chi connectivity index (χ1) is 14.2. The molecule has 4 aromatic rings. The summed E-state index contributed by atoms with van der Waals surface area (Å²) in [5, 5.41) is 13.5. The van der Waals surface area contributed by atoms with Gasteiger partial charge in [-0.15, -0.1) is 0 Å². The number of aryl methyl sites for hydroxylation is 1. The summed E-state index contributed by atoms with van der Waals surface area (Å²) in [6.07, 6.45) is 4.74. The van der Waals surface area contributed by atoms with Crippen molar-refractivity contribution in [1.82, 2.24) is 9.55 Å². The maximum atomic E-state index is 12.2. The fourth-order valence-corrected chi connectivity index (χ4v) is 3.57. The van der Waals surface area contributed by atoms with Gasteiger partial charge in [0.2, 0.25) is 5.78 Å². The molecule has 2 heterocycles. The zero-order valence-corrected chi connectivity index (χ0v) is 15.8. The van der Waals surface area contributed by atoms with Crippen LogP contribution in [0.15, 0.2) is 67.0 Å². The van der Waals surface area contributed by atoms with Crippen LogP contribution in [-0.4, -0.2) is 33.3 Å². The first kappa shape index (κ1) is 18.7. The van der Waals surface area contributed by atoms with Crippen molar-refractivity contribution in [3.05, 3.63) is 72.7 Å². The Morgan fingerprint density at radius 1 is 1.07 bits per heavy atom. The number of H-pyrrole nitrogens is 1. The topological polar surface area (TPSA) is 87.1 Å². The number of hydrogen-bond acceptors (Lipinski definition) is 4. The molecule has 0 aliphatic rings. The van der Waals surface area contributed by atoms with Gasteiger partial charge in [0.05, 0.1) is 5.69 Å². The molecule has 0 unspecified atom stereocenters. The average Bonchev–Trinajstić information content (AvgIpc) is 3.34. The molecule has 29 heavy (non-hydrogen) atoms. The number of nitrogens with one attached hydrogen (secondary N) is 2. The third kappa shape index (κ3) is 3.58. The van der Waals surface area contributed by atoms with Crippen LogP contribution in [0.25, 0.3) is 22.0 Å². The van der Waals surface area contributed by atoms with Crippen LogP contribution in [0.3, 0.4) is 0 Å². The standard InChI is InChI=1S/C23H21N3O3/c27-12-6-11-26-14-19(17-9-4-5-10-20(17)26)18-13-24-23(21(29)15-28)22(18)25-16-7-2-1-3-8-16/h1-5,7-10,13-15,24-25,27H,6,11-12H2. The van der Waals surface area contributed by atoms with E-state index in [-0.39, 0.29) is 12.3 Å². The first-order valence-electron chi connectivity index (χ1n) is 9.45. The zero-order valence-electron chi connectivity index (χ0n) is 15.8. The maximum absolute atomic E-state index is 12.2. The van der Waals surface area contributed by atoms with E-state index >= 15 is 0 Å². The van der Waals surface area contributed by atoms with Crippen molar-refractivity contribution in [2.24, 2.45) is 0 Å². The van der Waals surface area contributed by atoms with E-state index < -0.39 is 5.78 Å². The molecule has 0 radical (unpaired) electrons. The number of carbonyl (C=O) groups is 2. The Labute approximate surface area is 167 Å². The number of ketones is 1. The maximum Gasteiger partial charge on any atom is 0.243 e. The lowest BCUT2D eigenvalue weighted by molar-refractivity contribution is -0.104. The van der Waals surface area contributed by atoms with Crippen molar-refractivity contribution in [2.75, 3.05) is 11.9 Å². The minimum atomic E-state index is -0.612. The number of aliphatic hydroxyl groups excluding tert-OH is 1. The second-order valence-electron chi connectivity index (χ2n) is 6.76. The van der Waals surface area contributed by atoms with Gasteiger partial charge in [-0.05, 0) is 24.6 Å². The van der Waals surface area contributed by atoms with Gasteiger partial charge in [-0.2, -0.15) is 0 Å². The number of anilines is 2. The van der Waals surface area contributed by atoms with Gasteiger partial charge in [0.1, 0.15) is 5.69 Å². The van der Waals surface area contributed by atoms with Gasteiger partial charge in [-0.3, -0.25) is 9.59 Å². The summed E-state index contributed by atoms with van der Waals surface area (Å²) in [4.78, 5) is 26.3. The number of fused-ring (bicyclic) bond motifs is 1. The summed E-state index contributed by atoms with van der Waals surface area (Å²) in [6.45, 7) is 0.799. The van der Waals surface area contributed by atoms with Crippen molar-refractivity contribution in [1.29, 1.82) is 0 Å². The number of aromatic amines is 1. The van der Waals surface area contributed by atoms with E-state index in [4.69, 9.17) is 0 Å². The third-order valence-corrected chi connectivity index (χ3v) is 4.91. The average molecular weight is 387 g/mol. The summed E-state index contributed by atoms with van der Waals surface area (Å²) in [6, 6.07) is 17.5. The van der Waals surface area contributed by atoms with Gasteiger partial charge >= 0.3 is 0 Å². The molecule has 4 rings (SSSR count). The van der Waals surface area contributed by atoms with E-state index in [1.165, 1.54) is 0 Å². The Morgan fingerprint density at radius 3 is 2.59 bits per heavy atom. The van der Waals surface area contributed by atoms with Gasteiger partial charge in [0.25, 0.3) is 0 Å². The van der Waals surface area contributed by atoms with E-state index in [0.29, 0.717) is 24.9 Å². The fourth-order valence-electron chi connectivity index (χ4n) is 3.57. The van der Waals surface area contributed by atoms with Crippen molar-refractivity contribution >= 4 is 34.3 Å². The molecule has 146 valence electrons. The van der Waals surface area contributed by atoms with Gasteiger partial charge in [-0.25, -0.2) is 0 Å². The van der Waals surface area contributed by atoms with Gasteiger partial charge in [0, 0.05) is 53.3 Å². The number of Topliss-reactive ketones (excluding diaryl/α,β-unsaturated/α-hetero) is 1. The Bertz CT molecular complexity index is 1160. The highest BCUT2D eigenvalue weighted by atomic mass is 16.3. The number of carbonyl (C=O) groups excluding carboxylic acids is 2. The Hall–Kier alpha value is -3.64. The highest BCUT2D eigenvalue weighted by Gasteiger charge is 2.21. The molecule has 0 saturated heterocycles. The quantitative estimate of drug-likeness (QED) is 0.241. The van der Waals surface area contributed by atoms with Crippen molar-refractivity contribution < 1.29 is 14.7 Å². The summed E-state index contributed by atoms with van der Waals surface area (Å²) in [5.74, 6) is -0.612. The number of aliphatic hydroxyl groups is 1. The number of para-hydroxylation sites is 2. The number of aldehydes is 1. The summed E-state index contributed by atoms with van der Waals surface area (Å²) in [5.41, 5.74) is 4.41. The molecule has 0 saturated carbocycles. The Balaban J connectivity index is 1.88. The van der Waals surface area contributed by atoms with Crippen LogP contribution in [0.5, 0.6) is 0 Å². The van der Waals surface area contributed by atoms with Crippen molar-refractivity contribution in [3.63, 3.8) is 0 Å². The molecule has 0 fully saturated rings. The first-order valence-corrected chi connectivity index (χ1v) is 9.45. The number of nitrogens with zero attached hydrogens (tertiary/aromatic N) is 1. The molecule has 0 aliphatic heterocycles. The zero-order chi connectivity index (χ0) is 20.2. The molecular formula is C23H21N3O3. The van der Waals surface area contributed by atoms with Crippen LogP contribution >= 0.6 is 0 Å². The predicted molar refractivity (Wildman–Crippen MR) is 114 cm³/mol. The van der Waals surface area contributed by atoms with E-state index in [9.17, 15) is 14.7 Å². The lowest BCUT2D eigenvalue weighted by Gasteiger charge is -2.09. The molecule has 6 heteroatoms. The fraction of sp³-hybridized carbons (Fsp3) is 0.130. The SMILES string of the molecule is O=CC(=O)c1[nH]cc(-c2cn(CCCO)c3ccccc23)c1Nc1ccccc1. The van der Waals surface area contributed by atoms with Gasteiger partial charge in [0.15, 0.2) is 6.29 Å². The summed E-state index contributed by atoms with van der Waals surface area (Å²) < 4.78 is 2.10. The number of aromatic nitrogens is 2. The van der Waals surface area contributed by atoms with E-state index in [0.717, 1.165) is 27.7 Å². The summed E-state index contributed by atoms with van der Waals surface area (Å²) >= 11 is 0. The second kappa shape index (κ2) is 8.16. The van der Waals surface area contributed by atoms with Crippen LogP contribution in [0, 0.1) is 0 Å². The van der Waals surface area contributed by atoms with Gasteiger partial charge < -0.3 is 20.0 Å². The normalized spacial score (nSPS) is 10.9. The molecule has 3 N–H and O–H groups in total. The van der Waals surface area contributed by atoms with Crippen LogP contribution in [0.2, 0.25) is 0 Å². The Morgan fingerprint density at radius 2 is 1.83 bits per heavy atom. The molecule has 0 spiro atoms. The molecule has 0 amide bonds. The van der Waals surface area contributed by atoms with Crippen LogP contribution in [-0.2, 0) is 11.3 Å². The monoisotopic (exact) mass is 387 g/mol. The lowest BCUT2D eigenvalue weighted by Crippen LogP contribution is -2.04. The van der Waals surface area contributed by atoms with Crippen molar-refractivity contribution in [3.8, 4) is 11.1 Å². The molecule has 2 aromatic heterocycles. The minimum absolute atomic E-state index is 0.116.